The number of hydrogen-bond acceptors (Lipinski definition) is 5. The molecule has 3 aromatic rings. The smallest absolute Gasteiger partial charge is 0.264 e. The second-order valence-electron chi connectivity index (χ2n) is 4.62. The van der Waals surface area contributed by atoms with Crippen LogP contribution in [0.15, 0.2) is 46.9 Å². The molecule has 0 atom stereocenters. The zero-order chi connectivity index (χ0) is 16.2. The normalized spacial score (nSPS) is 10.5. The van der Waals surface area contributed by atoms with Gasteiger partial charge in [-0.15, -0.1) is 0 Å². The molecule has 0 aliphatic rings. The lowest BCUT2D eigenvalue weighted by Gasteiger charge is -2.05. The molecule has 0 saturated heterocycles. The van der Waals surface area contributed by atoms with Crippen molar-refractivity contribution in [1.29, 1.82) is 0 Å². The van der Waals surface area contributed by atoms with Gasteiger partial charge in [-0.25, -0.2) is 4.98 Å². The Morgan fingerprint density at radius 3 is 2.91 bits per heavy atom. The summed E-state index contributed by atoms with van der Waals surface area (Å²) >= 11 is 4.75. The Labute approximate surface area is 145 Å². The molecule has 1 amide bonds. The molecule has 5 nitrogen and oxygen atoms in total. The number of thiazole rings is 1. The van der Waals surface area contributed by atoms with Gasteiger partial charge in [-0.05, 0) is 30.3 Å². The fourth-order valence-corrected chi connectivity index (χ4v) is 3.28. The Bertz CT molecular complexity index is 850. The number of aromatic nitrogens is 1. The van der Waals surface area contributed by atoms with E-state index in [1.54, 1.807) is 19.2 Å². The topological polar surface area (TPSA) is 60.5 Å². The first-order valence-electron chi connectivity index (χ1n) is 6.77. The van der Waals surface area contributed by atoms with Crippen LogP contribution in [-0.4, -0.2) is 24.6 Å². The van der Waals surface area contributed by atoms with Gasteiger partial charge in [0, 0.05) is 4.47 Å². The minimum atomic E-state index is -0.261. The Balaban J connectivity index is 1.66. The predicted molar refractivity (Wildman–Crippen MR) is 94.4 cm³/mol. The quantitative estimate of drug-likeness (QED) is 0.710. The van der Waals surface area contributed by atoms with E-state index < -0.39 is 0 Å². The zero-order valence-corrected chi connectivity index (χ0v) is 14.6. The minimum Gasteiger partial charge on any atom is -0.494 e. The number of carbonyl (C=O) groups is 1. The fourth-order valence-electron chi connectivity index (χ4n) is 2.00. The maximum Gasteiger partial charge on any atom is 0.264 e. The van der Waals surface area contributed by atoms with Crippen molar-refractivity contribution in [2.75, 3.05) is 19.0 Å². The molecule has 1 N–H and O–H groups in total. The van der Waals surface area contributed by atoms with Gasteiger partial charge in [-0.3, -0.25) is 10.1 Å². The number of anilines is 1. The van der Waals surface area contributed by atoms with Gasteiger partial charge >= 0.3 is 0 Å². The second kappa shape index (κ2) is 6.97. The molecule has 1 heterocycles. The standard InChI is InChI=1S/C16H13BrN2O3S/c1-21-12-6-3-7-13-15(12)19-16(23-13)18-14(20)9-22-11-5-2-4-10(17)8-11/h2-8H,9H2,1H3,(H,18,19,20). The van der Waals surface area contributed by atoms with Crippen molar-refractivity contribution in [2.24, 2.45) is 0 Å². The Hall–Kier alpha value is -2.12. The molecule has 0 radical (unpaired) electrons. The maximum atomic E-state index is 12.0. The van der Waals surface area contributed by atoms with Crippen molar-refractivity contribution in [1.82, 2.24) is 4.98 Å². The molecule has 3 rings (SSSR count). The number of nitrogens with zero attached hydrogens (tertiary/aromatic N) is 1. The molecule has 0 spiro atoms. The summed E-state index contributed by atoms with van der Waals surface area (Å²) in [7, 11) is 1.60. The zero-order valence-electron chi connectivity index (χ0n) is 12.2. The van der Waals surface area contributed by atoms with Crippen molar-refractivity contribution in [3.8, 4) is 11.5 Å². The number of fused-ring (bicyclic) bond motifs is 1. The van der Waals surface area contributed by atoms with Crippen molar-refractivity contribution >= 4 is 48.5 Å². The van der Waals surface area contributed by atoms with Crippen molar-refractivity contribution in [2.45, 2.75) is 0 Å². The average molecular weight is 393 g/mol. The van der Waals surface area contributed by atoms with Crippen LogP contribution >= 0.6 is 27.3 Å². The first kappa shape index (κ1) is 15.8. The summed E-state index contributed by atoms with van der Waals surface area (Å²) in [4.78, 5) is 16.4. The highest BCUT2D eigenvalue weighted by Crippen LogP contribution is 2.32. The molecule has 0 aliphatic carbocycles. The van der Waals surface area contributed by atoms with Crippen LogP contribution in [0.5, 0.6) is 11.5 Å². The molecular formula is C16H13BrN2O3S. The van der Waals surface area contributed by atoms with Gasteiger partial charge in [-0.1, -0.05) is 39.4 Å². The number of methoxy groups -OCH3 is 1. The van der Waals surface area contributed by atoms with Crippen LogP contribution in [0, 0.1) is 0 Å². The summed E-state index contributed by atoms with van der Waals surface area (Å²) in [6, 6.07) is 13.0. The number of halogens is 1. The van der Waals surface area contributed by atoms with E-state index in [1.807, 2.05) is 30.3 Å². The summed E-state index contributed by atoms with van der Waals surface area (Å²) < 4.78 is 12.6. The summed E-state index contributed by atoms with van der Waals surface area (Å²) in [6.45, 7) is -0.0798. The first-order valence-corrected chi connectivity index (χ1v) is 8.38. The van der Waals surface area contributed by atoms with Gasteiger partial charge in [0.25, 0.3) is 5.91 Å². The third-order valence-electron chi connectivity index (χ3n) is 3.01. The van der Waals surface area contributed by atoms with E-state index in [2.05, 4.69) is 26.2 Å². The molecule has 0 aliphatic heterocycles. The summed E-state index contributed by atoms with van der Waals surface area (Å²) in [5.41, 5.74) is 0.739. The summed E-state index contributed by atoms with van der Waals surface area (Å²) in [5.74, 6) is 1.05. The number of carbonyl (C=O) groups excluding carboxylic acids is 1. The Morgan fingerprint density at radius 1 is 1.30 bits per heavy atom. The fraction of sp³-hybridized carbons (Fsp3) is 0.125. The maximum absolute atomic E-state index is 12.0. The monoisotopic (exact) mass is 392 g/mol. The molecule has 0 unspecified atom stereocenters. The molecule has 0 fully saturated rings. The molecule has 1 aromatic heterocycles. The van der Waals surface area contributed by atoms with Crippen LogP contribution in [0.3, 0.4) is 0 Å². The molecule has 0 bridgehead atoms. The van der Waals surface area contributed by atoms with Crippen LogP contribution in [-0.2, 0) is 4.79 Å². The molecule has 23 heavy (non-hydrogen) atoms. The summed E-state index contributed by atoms with van der Waals surface area (Å²) in [5, 5.41) is 3.26. The highest BCUT2D eigenvalue weighted by molar-refractivity contribution is 9.10. The average Bonchev–Trinajstić information content (AvgIpc) is 2.95. The third-order valence-corrected chi connectivity index (χ3v) is 4.44. The van der Waals surface area contributed by atoms with E-state index in [0.717, 1.165) is 14.7 Å². The lowest BCUT2D eigenvalue weighted by Crippen LogP contribution is -2.19. The van der Waals surface area contributed by atoms with Crippen molar-refractivity contribution in [3.63, 3.8) is 0 Å². The SMILES string of the molecule is COc1cccc2sc(NC(=O)COc3cccc(Br)c3)nc12. The van der Waals surface area contributed by atoms with Crippen molar-refractivity contribution in [3.05, 3.63) is 46.9 Å². The number of nitrogens with one attached hydrogen (secondary N) is 1. The van der Waals surface area contributed by atoms with Crippen LogP contribution in [0.1, 0.15) is 0 Å². The van der Waals surface area contributed by atoms with Crippen LogP contribution in [0.2, 0.25) is 0 Å². The van der Waals surface area contributed by atoms with E-state index in [-0.39, 0.29) is 12.5 Å². The third kappa shape index (κ3) is 3.80. The number of para-hydroxylation sites is 1. The van der Waals surface area contributed by atoms with Gasteiger partial charge < -0.3 is 9.47 Å². The van der Waals surface area contributed by atoms with Gasteiger partial charge in [0.2, 0.25) is 0 Å². The van der Waals surface area contributed by atoms with Crippen LogP contribution < -0.4 is 14.8 Å². The van der Waals surface area contributed by atoms with Gasteiger partial charge in [-0.2, -0.15) is 0 Å². The van der Waals surface area contributed by atoms with Crippen molar-refractivity contribution < 1.29 is 14.3 Å². The van der Waals surface area contributed by atoms with E-state index in [0.29, 0.717) is 16.6 Å². The number of benzene rings is 2. The van der Waals surface area contributed by atoms with E-state index in [1.165, 1.54) is 11.3 Å². The van der Waals surface area contributed by atoms with Crippen LogP contribution in [0.4, 0.5) is 5.13 Å². The number of amides is 1. The van der Waals surface area contributed by atoms with Crippen LogP contribution in [0.25, 0.3) is 10.2 Å². The minimum absolute atomic E-state index is 0.0798. The number of rotatable bonds is 5. The molecule has 7 heteroatoms. The Morgan fingerprint density at radius 2 is 2.13 bits per heavy atom. The molecule has 2 aromatic carbocycles. The molecular weight excluding hydrogens is 380 g/mol. The molecule has 0 saturated carbocycles. The van der Waals surface area contributed by atoms with E-state index in [9.17, 15) is 4.79 Å². The number of hydrogen-bond donors (Lipinski definition) is 1. The first-order chi connectivity index (χ1) is 11.2. The Kier molecular flexibility index (Phi) is 4.78. The van der Waals surface area contributed by atoms with E-state index >= 15 is 0 Å². The molecule has 118 valence electrons. The lowest BCUT2D eigenvalue weighted by atomic mass is 10.3. The van der Waals surface area contributed by atoms with Gasteiger partial charge in [0.1, 0.15) is 17.0 Å². The highest BCUT2D eigenvalue weighted by atomic mass is 79.9. The van der Waals surface area contributed by atoms with E-state index in [4.69, 9.17) is 9.47 Å². The predicted octanol–water partition coefficient (Wildman–Crippen LogP) is 4.08. The lowest BCUT2D eigenvalue weighted by molar-refractivity contribution is -0.118. The number of ether oxygens (including phenoxy) is 2. The largest absolute Gasteiger partial charge is 0.494 e. The van der Waals surface area contributed by atoms with Gasteiger partial charge in [0.15, 0.2) is 11.7 Å². The highest BCUT2D eigenvalue weighted by Gasteiger charge is 2.11. The second-order valence-corrected chi connectivity index (χ2v) is 6.57. The summed E-state index contributed by atoms with van der Waals surface area (Å²) in [6.07, 6.45) is 0. The van der Waals surface area contributed by atoms with Gasteiger partial charge in [0.05, 0.1) is 11.8 Å².